The molecule has 0 radical (unpaired) electrons. The molecule has 0 saturated heterocycles. The molecule has 64 valence electrons. The van der Waals surface area contributed by atoms with Crippen molar-refractivity contribution < 1.29 is 0 Å². The summed E-state index contributed by atoms with van der Waals surface area (Å²) in [5, 5.41) is 11.4. The van der Waals surface area contributed by atoms with Gasteiger partial charge in [-0.15, -0.1) is 30.1 Å². The Kier molecular flexibility index (Phi) is 3.31. The summed E-state index contributed by atoms with van der Waals surface area (Å²) in [6.45, 7) is 6.05. The van der Waals surface area contributed by atoms with Crippen LogP contribution >= 0.6 is 25.0 Å². The van der Waals surface area contributed by atoms with Gasteiger partial charge < -0.3 is 0 Å². The molecule has 1 aromatic heterocycles. The second-order valence-electron chi connectivity index (χ2n) is 3.06. The van der Waals surface area contributed by atoms with Crippen molar-refractivity contribution in [3.8, 4) is 0 Å². The molecule has 0 amide bonds. The van der Waals surface area contributed by atoms with Gasteiger partial charge in [-0.05, 0) is 31.2 Å². The summed E-state index contributed by atoms with van der Waals surface area (Å²) >= 11 is 4.07. The number of hydrogen-bond acceptors (Lipinski definition) is 4. The summed E-state index contributed by atoms with van der Waals surface area (Å²) in [7, 11) is 0. The zero-order valence-corrected chi connectivity index (χ0v) is 8.36. The topological polar surface area (TPSA) is 43.6 Å². The molecule has 1 heterocycles. The lowest BCUT2D eigenvalue weighted by atomic mass is 10.1. The zero-order valence-electron chi connectivity index (χ0n) is 6.64. The highest BCUT2D eigenvalue weighted by Gasteiger charge is 2.16. The monoisotopic (exact) mass is 194 g/mol. The summed E-state index contributed by atoms with van der Waals surface area (Å²) in [4.78, 5) is 0. The molecule has 1 aromatic rings. The molecule has 0 aromatic carbocycles. The molecule has 1 rings (SSSR count). The summed E-state index contributed by atoms with van der Waals surface area (Å²) in [5.74, 6) is 0. The third-order valence-electron chi connectivity index (χ3n) is 1.09. The molecule has 11 heavy (non-hydrogen) atoms. The summed E-state index contributed by atoms with van der Waals surface area (Å²) in [5.41, 5.74) is -0.0828. The standard InChI is InChI=1S/C5H10N4S.ClH/c1-5(2,3)9-4(10)6-7-8-9;/h1-3H3,(H,6,8,10);1H. The van der Waals surface area contributed by atoms with Gasteiger partial charge >= 0.3 is 0 Å². The molecule has 6 heteroatoms. The van der Waals surface area contributed by atoms with E-state index in [1.807, 2.05) is 20.8 Å². The van der Waals surface area contributed by atoms with Gasteiger partial charge in [-0.1, -0.05) is 0 Å². The van der Waals surface area contributed by atoms with Crippen LogP contribution in [0.15, 0.2) is 5.16 Å². The van der Waals surface area contributed by atoms with Crippen LogP contribution in [-0.4, -0.2) is 20.2 Å². The molecule has 0 atom stereocenters. The van der Waals surface area contributed by atoms with Crippen LogP contribution in [0, 0.1) is 0 Å². The second kappa shape index (κ2) is 3.40. The minimum atomic E-state index is -0.0828. The largest absolute Gasteiger partial charge is 0.215 e. The maximum absolute atomic E-state index is 4.07. The molecule has 0 saturated carbocycles. The Morgan fingerprint density at radius 3 is 2.09 bits per heavy atom. The number of nitrogens with zero attached hydrogens (tertiary/aromatic N) is 4. The smallest absolute Gasteiger partial charge is 0.206 e. The summed E-state index contributed by atoms with van der Waals surface area (Å²) < 4.78 is 1.66. The second-order valence-corrected chi connectivity index (χ2v) is 3.46. The molecule has 0 aliphatic carbocycles. The van der Waals surface area contributed by atoms with Crippen molar-refractivity contribution >= 4 is 25.0 Å². The van der Waals surface area contributed by atoms with Gasteiger partial charge in [0.15, 0.2) is 0 Å². The molecule has 4 nitrogen and oxygen atoms in total. The van der Waals surface area contributed by atoms with Gasteiger partial charge in [-0.3, -0.25) is 0 Å². The van der Waals surface area contributed by atoms with Crippen LogP contribution in [-0.2, 0) is 5.54 Å². The molecule has 0 aliphatic rings. The normalized spacial score (nSPS) is 10.9. The lowest BCUT2D eigenvalue weighted by Gasteiger charge is -2.17. The quantitative estimate of drug-likeness (QED) is 0.630. The predicted molar refractivity (Wildman–Crippen MR) is 47.3 cm³/mol. The fourth-order valence-corrected chi connectivity index (χ4v) is 0.997. The molecule has 0 bridgehead atoms. The molecule has 0 spiro atoms. The van der Waals surface area contributed by atoms with Gasteiger partial charge in [0, 0.05) is 0 Å². The van der Waals surface area contributed by atoms with Crippen LogP contribution in [0.4, 0.5) is 0 Å². The van der Waals surface area contributed by atoms with Gasteiger partial charge in [-0.2, -0.15) is 0 Å². The summed E-state index contributed by atoms with van der Waals surface area (Å²) in [6.07, 6.45) is 0. The SMILES string of the molecule is CC(C)(C)n1nnnc1S.Cl. The van der Waals surface area contributed by atoms with Crippen molar-refractivity contribution in [2.75, 3.05) is 0 Å². The highest BCUT2D eigenvalue weighted by Crippen LogP contribution is 2.14. The fourth-order valence-electron chi connectivity index (χ4n) is 0.617. The minimum absolute atomic E-state index is 0. The number of rotatable bonds is 0. The Hall–Kier alpha value is -0.290. The van der Waals surface area contributed by atoms with Gasteiger partial charge in [-0.25, -0.2) is 4.68 Å². The van der Waals surface area contributed by atoms with Crippen LogP contribution < -0.4 is 0 Å². The number of aromatic nitrogens is 4. The highest BCUT2D eigenvalue weighted by atomic mass is 35.5. The van der Waals surface area contributed by atoms with E-state index in [0.717, 1.165) is 0 Å². The first kappa shape index (κ1) is 10.7. The number of thiol groups is 1. The molecule has 0 unspecified atom stereocenters. The van der Waals surface area contributed by atoms with E-state index in [4.69, 9.17) is 0 Å². The highest BCUT2D eigenvalue weighted by molar-refractivity contribution is 7.80. The number of halogens is 1. The van der Waals surface area contributed by atoms with Crippen molar-refractivity contribution in [1.29, 1.82) is 0 Å². The first-order chi connectivity index (χ1) is 4.52. The van der Waals surface area contributed by atoms with Crippen molar-refractivity contribution in [2.45, 2.75) is 31.5 Å². The molecule has 0 fully saturated rings. The van der Waals surface area contributed by atoms with E-state index in [1.165, 1.54) is 0 Å². The van der Waals surface area contributed by atoms with Crippen LogP contribution in [0.5, 0.6) is 0 Å². The Labute approximate surface area is 77.2 Å². The minimum Gasteiger partial charge on any atom is -0.215 e. The molecular weight excluding hydrogens is 184 g/mol. The molecule has 0 aliphatic heterocycles. The van der Waals surface area contributed by atoms with Crippen LogP contribution in [0.25, 0.3) is 0 Å². The van der Waals surface area contributed by atoms with E-state index >= 15 is 0 Å². The maximum Gasteiger partial charge on any atom is 0.206 e. The molecular formula is C5H11ClN4S. The Bertz CT molecular complexity index is 229. The van der Waals surface area contributed by atoms with Gasteiger partial charge in [0.2, 0.25) is 5.16 Å². The number of hydrogen-bond donors (Lipinski definition) is 1. The van der Waals surface area contributed by atoms with Crippen LogP contribution in [0.1, 0.15) is 20.8 Å². The average Bonchev–Trinajstić information content (AvgIpc) is 2.11. The van der Waals surface area contributed by atoms with Crippen molar-refractivity contribution in [1.82, 2.24) is 20.2 Å². The first-order valence-electron chi connectivity index (χ1n) is 2.99. The Morgan fingerprint density at radius 2 is 1.91 bits per heavy atom. The third-order valence-corrected chi connectivity index (χ3v) is 1.37. The van der Waals surface area contributed by atoms with E-state index in [2.05, 4.69) is 28.2 Å². The Morgan fingerprint density at radius 1 is 1.36 bits per heavy atom. The molecule has 0 N–H and O–H groups in total. The van der Waals surface area contributed by atoms with Crippen molar-refractivity contribution in [3.05, 3.63) is 0 Å². The van der Waals surface area contributed by atoms with Crippen molar-refractivity contribution in [2.24, 2.45) is 0 Å². The van der Waals surface area contributed by atoms with E-state index < -0.39 is 0 Å². The average molecular weight is 195 g/mol. The predicted octanol–water partition coefficient (Wildman–Crippen LogP) is 1.14. The lowest BCUT2D eigenvalue weighted by molar-refractivity contribution is 0.321. The third kappa shape index (κ3) is 2.34. The van der Waals surface area contributed by atoms with Gasteiger partial charge in [0.05, 0.1) is 5.54 Å². The van der Waals surface area contributed by atoms with Crippen LogP contribution in [0.2, 0.25) is 0 Å². The first-order valence-corrected chi connectivity index (χ1v) is 3.44. The van der Waals surface area contributed by atoms with Crippen LogP contribution in [0.3, 0.4) is 0 Å². The lowest BCUT2D eigenvalue weighted by Crippen LogP contribution is -2.23. The van der Waals surface area contributed by atoms with Crippen molar-refractivity contribution in [3.63, 3.8) is 0 Å². The summed E-state index contributed by atoms with van der Waals surface area (Å²) in [6, 6.07) is 0. The van der Waals surface area contributed by atoms with E-state index in [0.29, 0.717) is 5.16 Å². The fraction of sp³-hybridized carbons (Fsp3) is 0.800. The van der Waals surface area contributed by atoms with Gasteiger partial charge in [0.1, 0.15) is 0 Å². The van der Waals surface area contributed by atoms with E-state index in [1.54, 1.807) is 4.68 Å². The van der Waals surface area contributed by atoms with Gasteiger partial charge in [0.25, 0.3) is 0 Å². The Balaban J connectivity index is 0.000001000. The van der Waals surface area contributed by atoms with E-state index in [9.17, 15) is 0 Å². The maximum atomic E-state index is 4.07. The number of tetrazole rings is 1. The van der Waals surface area contributed by atoms with E-state index in [-0.39, 0.29) is 17.9 Å². The zero-order chi connectivity index (χ0) is 7.78.